The van der Waals surface area contributed by atoms with Crippen LogP contribution in [0.2, 0.25) is 0 Å². The highest BCUT2D eigenvalue weighted by Crippen LogP contribution is 2.30. The number of thiophene rings is 1. The number of rotatable bonds is 2. The zero-order valence-electron chi connectivity index (χ0n) is 9.15. The maximum atomic E-state index is 12.2. The van der Waals surface area contributed by atoms with Crippen molar-refractivity contribution in [1.29, 1.82) is 0 Å². The van der Waals surface area contributed by atoms with Gasteiger partial charge in [0.15, 0.2) is 0 Å². The van der Waals surface area contributed by atoms with Crippen molar-refractivity contribution in [2.45, 2.75) is 25.3 Å². The second-order valence-electron chi connectivity index (χ2n) is 4.20. The van der Waals surface area contributed by atoms with E-state index in [1.54, 1.807) is 11.3 Å². The fourth-order valence-electron chi connectivity index (χ4n) is 1.94. The molecule has 5 heteroatoms. The maximum absolute atomic E-state index is 12.2. The van der Waals surface area contributed by atoms with Crippen LogP contribution in [0.3, 0.4) is 0 Å². The van der Waals surface area contributed by atoms with E-state index < -0.39 is 0 Å². The minimum atomic E-state index is -0.0541. The molecule has 16 heavy (non-hydrogen) atoms. The summed E-state index contributed by atoms with van der Waals surface area (Å²) >= 11 is 5.04. The Morgan fingerprint density at radius 3 is 2.94 bits per heavy atom. The van der Waals surface area contributed by atoms with Gasteiger partial charge >= 0.3 is 0 Å². The predicted octanol–water partition coefficient (Wildman–Crippen LogP) is 2.17. The molecule has 0 aliphatic carbocycles. The van der Waals surface area contributed by atoms with Crippen LogP contribution >= 0.6 is 27.3 Å². The molecule has 3 nitrogen and oxygen atoms in total. The number of halogens is 1. The molecule has 0 aromatic carbocycles. The molecule has 2 atom stereocenters. The molecule has 0 bridgehead atoms. The van der Waals surface area contributed by atoms with Crippen molar-refractivity contribution in [3.8, 4) is 0 Å². The third kappa shape index (κ3) is 2.47. The van der Waals surface area contributed by atoms with Gasteiger partial charge in [-0.3, -0.25) is 4.79 Å². The molecule has 1 aliphatic rings. The highest BCUT2D eigenvalue weighted by Gasteiger charge is 2.28. The van der Waals surface area contributed by atoms with Crippen LogP contribution in [0.25, 0.3) is 0 Å². The molecule has 1 amide bonds. The summed E-state index contributed by atoms with van der Waals surface area (Å²) in [5.41, 5.74) is 5.81. The zero-order valence-corrected chi connectivity index (χ0v) is 11.6. The topological polar surface area (TPSA) is 46.3 Å². The van der Waals surface area contributed by atoms with E-state index in [1.165, 1.54) is 0 Å². The fraction of sp³-hybridized carbons (Fsp3) is 0.545. The van der Waals surface area contributed by atoms with Gasteiger partial charge in [0.1, 0.15) is 0 Å². The third-order valence-corrected chi connectivity index (χ3v) is 4.73. The molecule has 1 fully saturated rings. The highest BCUT2D eigenvalue weighted by molar-refractivity contribution is 9.11. The molecule has 88 valence electrons. The van der Waals surface area contributed by atoms with Gasteiger partial charge in [0.25, 0.3) is 0 Å². The van der Waals surface area contributed by atoms with Crippen LogP contribution < -0.4 is 5.73 Å². The molecule has 1 unspecified atom stereocenters. The zero-order chi connectivity index (χ0) is 11.7. The largest absolute Gasteiger partial charge is 0.341 e. The molecule has 0 radical (unpaired) electrons. The van der Waals surface area contributed by atoms with Crippen LogP contribution in [0.4, 0.5) is 0 Å². The van der Waals surface area contributed by atoms with Gasteiger partial charge in [0.05, 0.1) is 9.70 Å². The average Bonchev–Trinajstić information content (AvgIpc) is 2.85. The summed E-state index contributed by atoms with van der Waals surface area (Å²) in [5.74, 6) is 0.142. The van der Waals surface area contributed by atoms with Crippen molar-refractivity contribution in [3.05, 3.63) is 20.8 Å². The normalized spacial score (nSPS) is 22.4. The first-order chi connectivity index (χ1) is 7.58. The standard InChI is InChI=1S/C11H15BrN2OS/c1-7(9-2-3-10(12)16-9)11(15)14-5-4-8(13)6-14/h2-3,7-8H,4-6,13H2,1H3/t7?,8-/m1/s1. The van der Waals surface area contributed by atoms with Gasteiger partial charge in [-0.1, -0.05) is 0 Å². The van der Waals surface area contributed by atoms with E-state index in [-0.39, 0.29) is 17.9 Å². The molecule has 2 heterocycles. The summed E-state index contributed by atoms with van der Waals surface area (Å²) in [5, 5.41) is 0. The number of carbonyl (C=O) groups excluding carboxylic acids is 1. The number of nitrogens with two attached hydrogens (primary N) is 1. The molecule has 0 saturated carbocycles. The summed E-state index contributed by atoms with van der Waals surface area (Å²) in [4.78, 5) is 15.1. The molecule has 2 N–H and O–H groups in total. The summed E-state index contributed by atoms with van der Waals surface area (Å²) < 4.78 is 1.07. The van der Waals surface area contributed by atoms with Gasteiger partial charge in [-0.25, -0.2) is 0 Å². The third-order valence-electron chi connectivity index (χ3n) is 2.93. The average molecular weight is 303 g/mol. The number of nitrogens with zero attached hydrogens (tertiary/aromatic N) is 1. The van der Waals surface area contributed by atoms with Gasteiger partial charge in [0, 0.05) is 24.0 Å². The lowest BCUT2D eigenvalue weighted by Gasteiger charge is -2.19. The predicted molar refractivity (Wildman–Crippen MR) is 69.6 cm³/mol. The first-order valence-electron chi connectivity index (χ1n) is 5.37. The Balaban J connectivity index is 2.04. The van der Waals surface area contributed by atoms with Crippen LogP contribution in [0.5, 0.6) is 0 Å². The molecular formula is C11H15BrN2OS. The lowest BCUT2D eigenvalue weighted by molar-refractivity contribution is -0.131. The Morgan fingerprint density at radius 2 is 2.44 bits per heavy atom. The quantitative estimate of drug-likeness (QED) is 0.910. The summed E-state index contributed by atoms with van der Waals surface area (Å²) in [7, 11) is 0. The van der Waals surface area contributed by atoms with Crippen LogP contribution in [0, 0.1) is 0 Å². The van der Waals surface area contributed by atoms with Crippen molar-refractivity contribution in [1.82, 2.24) is 4.90 Å². The van der Waals surface area contributed by atoms with Gasteiger partial charge in [0.2, 0.25) is 5.91 Å². The van der Waals surface area contributed by atoms with E-state index >= 15 is 0 Å². The van der Waals surface area contributed by atoms with Crippen molar-refractivity contribution >= 4 is 33.2 Å². The van der Waals surface area contributed by atoms with Gasteiger partial charge in [-0.15, -0.1) is 11.3 Å². The summed E-state index contributed by atoms with van der Waals surface area (Å²) in [6.07, 6.45) is 0.923. The molecule has 1 aromatic rings. The Kier molecular flexibility index (Phi) is 3.66. The maximum Gasteiger partial charge on any atom is 0.230 e. The molecule has 1 saturated heterocycles. The molecule has 1 aliphatic heterocycles. The molecule has 2 rings (SSSR count). The smallest absolute Gasteiger partial charge is 0.230 e. The van der Waals surface area contributed by atoms with Crippen molar-refractivity contribution in [3.63, 3.8) is 0 Å². The van der Waals surface area contributed by atoms with E-state index in [0.717, 1.165) is 21.6 Å². The van der Waals surface area contributed by atoms with Crippen LogP contribution in [-0.2, 0) is 4.79 Å². The Morgan fingerprint density at radius 1 is 1.69 bits per heavy atom. The number of hydrogen-bond donors (Lipinski definition) is 1. The lowest BCUT2D eigenvalue weighted by atomic mass is 10.1. The van der Waals surface area contributed by atoms with E-state index in [2.05, 4.69) is 15.9 Å². The minimum absolute atomic E-state index is 0.0541. The fourth-order valence-corrected chi connectivity index (χ4v) is 3.41. The van der Waals surface area contributed by atoms with Crippen LogP contribution in [0.1, 0.15) is 24.1 Å². The van der Waals surface area contributed by atoms with Gasteiger partial charge < -0.3 is 10.6 Å². The Labute approximate surface area is 108 Å². The first-order valence-corrected chi connectivity index (χ1v) is 6.98. The monoisotopic (exact) mass is 302 g/mol. The number of likely N-dealkylation sites (tertiary alicyclic amines) is 1. The molecular weight excluding hydrogens is 288 g/mol. The number of hydrogen-bond acceptors (Lipinski definition) is 3. The van der Waals surface area contributed by atoms with Crippen molar-refractivity contribution in [2.24, 2.45) is 5.73 Å². The summed E-state index contributed by atoms with van der Waals surface area (Å²) in [6.45, 7) is 3.47. The van der Waals surface area contributed by atoms with Crippen molar-refractivity contribution in [2.75, 3.05) is 13.1 Å². The van der Waals surface area contributed by atoms with E-state index in [1.807, 2.05) is 24.0 Å². The van der Waals surface area contributed by atoms with Crippen LogP contribution in [-0.4, -0.2) is 29.9 Å². The van der Waals surface area contributed by atoms with E-state index in [9.17, 15) is 4.79 Å². The summed E-state index contributed by atoms with van der Waals surface area (Å²) in [6, 6.07) is 4.15. The number of carbonyl (C=O) groups is 1. The minimum Gasteiger partial charge on any atom is -0.341 e. The van der Waals surface area contributed by atoms with Gasteiger partial charge in [-0.2, -0.15) is 0 Å². The number of amides is 1. The highest BCUT2D eigenvalue weighted by atomic mass is 79.9. The van der Waals surface area contributed by atoms with Crippen molar-refractivity contribution < 1.29 is 4.79 Å². The Hall–Kier alpha value is -0.390. The first kappa shape index (κ1) is 12.1. The van der Waals surface area contributed by atoms with Crippen LogP contribution in [0.15, 0.2) is 15.9 Å². The lowest BCUT2D eigenvalue weighted by Crippen LogP contribution is -2.34. The Bertz CT molecular complexity index is 393. The SMILES string of the molecule is CC(C(=O)N1CC[C@@H](N)C1)c1ccc(Br)s1. The van der Waals surface area contributed by atoms with E-state index in [0.29, 0.717) is 6.54 Å². The van der Waals surface area contributed by atoms with E-state index in [4.69, 9.17) is 5.73 Å². The molecule has 0 spiro atoms. The van der Waals surface area contributed by atoms with Gasteiger partial charge in [-0.05, 0) is 41.4 Å². The second kappa shape index (κ2) is 4.85. The molecule has 1 aromatic heterocycles. The second-order valence-corrected chi connectivity index (χ2v) is 6.69.